The monoisotopic (exact) mass is 513 g/mol. The highest BCUT2D eigenvalue weighted by Crippen LogP contribution is 2.30. The zero-order chi connectivity index (χ0) is 25.8. The number of methoxy groups -OCH3 is 1. The van der Waals surface area contributed by atoms with Crippen molar-refractivity contribution in [2.45, 2.75) is 44.8 Å². The number of hydrogen-bond acceptors (Lipinski definition) is 10. The zero-order valence-electron chi connectivity index (χ0n) is 20.7. The average molecular weight is 514 g/mol. The summed E-state index contributed by atoms with van der Waals surface area (Å²) in [6.07, 6.45) is 3.08. The van der Waals surface area contributed by atoms with Gasteiger partial charge >= 0.3 is 5.97 Å². The van der Waals surface area contributed by atoms with E-state index in [1.807, 2.05) is 6.07 Å². The number of anilines is 2. The van der Waals surface area contributed by atoms with E-state index < -0.39 is 5.97 Å². The van der Waals surface area contributed by atoms with Crippen LogP contribution in [0, 0.1) is 11.3 Å². The van der Waals surface area contributed by atoms with Gasteiger partial charge in [-0.2, -0.15) is 5.26 Å². The van der Waals surface area contributed by atoms with Gasteiger partial charge in [0.25, 0.3) is 0 Å². The molecule has 4 rings (SSSR count). The van der Waals surface area contributed by atoms with Crippen LogP contribution in [0.4, 0.5) is 11.6 Å². The summed E-state index contributed by atoms with van der Waals surface area (Å²) in [7, 11) is 1.26. The van der Waals surface area contributed by atoms with Gasteiger partial charge in [0.1, 0.15) is 5.75 Å². The van der Waals surface area contributed by atoms with Gasteiger partial charge in [0.15, 0.2) is 22.5 Å². The van der Waals surface area contributed by atoms with Crippen LogP contribution in [0.5, 0.6) is 5.75 Å². The summed E-state index contributed by atoms with van der Waals surface area (Å²) in [5.74, 6) is 0.0279. The number of esters is 1. The summed E-state index contributed by atoms with van der Waals surface area (Å²) in [4.78, 5) is 27.4. The summed E-state index contributed by atoms with van der Waals surface area (Å²) in [6, 6.07) is 7.99. The van der Waals surface area contributed by atoms with Crippen molar-refractivity contribution >= 4 is 29.2 Å². The zero-order valence-corrected chi connectivity index (χ0v) is 21.4. The number of nitriles is 1. The molecule has 192 valence electrons. The average Bonchev–Trinajstić information content (AvgIpc) is 2.90. The van der Waals surface area contributed by atoms with Crippen molar-refractivity contribution in [1.82, 2.24) is 19.8 Å². The molecule has 1 aromatic heterocycles. The molecule has 2 aliphatic rings. The Morgan fingerprint density at radius 2 is 2.03 bits per heavy atom. The molecule has 2 aliphatic heterocycles. The van der Waals surface area contributed by atoms with Crippen molar-refractivity contribution in [3.8, 4) is 11.8 Å². The minimum absolute atomic E-state index is 0.0115. The molecule has 0 spiro atoms. The summed E-state index contributed by atoms with van der Waals surface area (Å²) < 4.78 is 4.70. The van der Waals surface area contributed by atoms with Crippen LogP contribution in [-0.2, 0) is 11.3 Å². The van der Waals surface area contributed by atoms with Crippen molar-refractivity contribution in [2.75, 3.05) is 50.5 Å². The van der Waals surface area contributed by atoms with E-state index in [0.717, 1.165) is 57.5 Å². The van der Waals surface area contributed by atoms with E-state index in [1.54, 1.807) is 6.07 Å². The lowest BCUT2D eigenvalue weighted by Crippen LogP contribution is -2.58. The first kappa shape index (κ1) is 25.9. The number of nitrogens with zero attached hydrogens (tertiary/aromatic N) is 6. The van der Waals surface area contributed by atoms with Crippen LogP contribution < -0.4 is 10.6 Å². The molecule has 3 heterocycles. The fourth-order valence-electron chi connectivity index (χ4n) is 5.19. The van der Waals surface area contributed by atoms with E-state index in [2.05, 4.69) is 37.7 Å². The molecule has 11 heteroatoms. The van der Waals surface area contributed by atoms with Crippen LogP contribution >= 0.6 is 11.6 Å². The Morgan fingerprint density at radius 1 is 1.28 bits per heavy atom. The lowest BCUT2D eigenvalue weighted by molar-refractivity contribution is 0.0593. The molecule has 0 amide bonds. The Bertz CT molecular complexity index is 1150. The molecule has 3 N–H and O–H groups in total. The molecule has 0 radical (unpaired) electrons. The van der Waals surface area contributed by atoms with E-state index in [0.29, 0.717) is 30.0 Å². The third-order valence-electron chi connectivity index (χ3n) is 7.18. The summed E-state index contributed by atoms with van der Waals surface area (Å²) in [5, 5.41) is 19.4. The van der Waals surface area contributed by atoms with E-state index in [1.165, 1.54) is 13.2 Å². The van der Waals surface area contributed by atoms with Gasteiger partial charge in [-0.05, 0) is 44.5 Å². The van der Waals surface area contributed by atoms with E-state index >= 15 is 0 Å². The van der Waals surface area contributed by atoms with Crippen molar-refractivity contribution in [1.29, 1.82) is 5.26 Å². The molecule has 1 atom stereocenters. The topological polar surface area (TPSA) is 132 Å². The van der Waals surface area contributed by atoms with Crippen LogP contribution in [0.25, 0.3) is 0 Å². The number of aromatic nitrogens is 2. The van der Waals surface area contributed by atoms with E-state index in [-0.39, 0.29) is 22.4 Å². The minimum atomic E-state index is -0.662. The number of nitrogen functional groups attached to an aromatic ring is 1. The van der Waals surface area contributed by atoms with Crippen molar-refractivity contribution < 1.29 is 14.6 Å². The largest absolute Gasteiger partial charge is 0.508 e. The first-order chi connectivity index (χ1) is 17.3. The number of halogens is 1. The number of benzene rings is 1. The number of likely N-dealkylation sites (tertiary alicyclic amines) is 1. The maximum Gasteiger partial charge on any atom is 0.360 e. The fourth-order valence-corrected chi connectivity index (χ4v) is 5.44. The van der Waals surface area contributed by atoms with Gasteiger partial charge in [-0.1, -0.05) is 24.6 Å². The number of phenols is 1. The van der Waals surface area contributed by atoms with Crippen molar-refractivity contribution in [2.24, 2.45) is 0 Å². The molecule has 0 bridgehead atoms. The standard InChI is InChI=1S/C25H32ClN7O3/c1-3-18-15-32(24-22(26)29-21(23(28)30-24)25(35)36-2)10-11-33(18)19-6-8-31(9-7-19)14-17-5-4-16(13-27)12-20(17)34/h4-5,12,18-19,34H,3,6-11,14-15H2,1-2H3,(H2,28,30)/t18-/m0/s1. The highest BCUT2D eigenvalue weighted by molar-refractivity contribution is 6.32. The molecule has 2 aromatic rings. The molecular formula is C25H32ClN7O3. The SMILES string of the molecule is CC[C@H]1CN(c2nc(N)c(C(=O)OC)nc2Cl)CCN1C1CCN(Cc2ccc(C#N)cc2O)CC1. The Labute approximate surface area is 216 Å². The second-order valence-electron chi connectivity index (χ2n) is 9.27. The highest BCUT2D eigenvalue weighted by atomic mass is 35.5. The van der Waals surface area contributed by atoms with Crippen LogP contribution in [0.1, 0.15) is 47.8 Å². The smallest absolute Gasteiger partial charge is 0.360 e. The predicted molar refractivity (Wildman–Crippen MR) is 137 cm³/mol. The van der Waals surface area contributed by atoms with Gasteiger partial charge in [-0.15, -0.1) is 0 Å². The van der Waals surface area contributed by atoms with Crippen LogP contribution in [-0.4, -0.2) is 82.8 Å². The predicted octanol–water partition coefficient (Wildman–Crippen LogP) is 2.64. The van der Waals surface area contributed by atoms with Gasteiger partial charge in [-0.25, -0.2) is 14.8 Å². The summed E-state index contributed by atoms with van der Waals surface area (Å²) in [6.45, 7) is 7.12. The number of piperazine rings is 1. The number of carbonyl (C=O) groups excluding carboxylic acids is 1. The Morgan fingerprint density at radius 3 is 2.67 bits per heavy atom. The molecule has 1 aromatic carbocycles. The molecule has 0 aliphatic carbocycles. The second kappa shape index (κ2) is 11.3. The van der Waals surface area contributed by atoms with E-state index in [4.69, 9.17) is 27.3 Å². The molecule has 36 heavy (non-hydrogen) atoms. The molecule has 0 saturated carbocycles. The van der Waals surface area contributed by atoms with Gasteiger partial charge in [0.2, 0.25) is 0 Å². The van der Waals surface area contributed by atoms with Crippen molar-refractivity contribution in [3.63, 3.8) is 0 Å². The molecule has 2 fully saturated rings. The maximum absolute atomic E-state index is 11.8. The normalized spacial score (nSPS) is 19.7. The second-order valence-corrected chi connectivity index (χ2v) is 9.63. The molecule has 0 unspecified atom stereocenters. The summed E-state index contributed by atoms with van der Waals surface area (Å²) in [5.41, 5.74) is 7.22. The summed E-state index contributed by atoms with van der Waals surface area (Å²) >= 11 is 6.39. The lowest BCUT2D eigenvalue weighted by Gasteiger charge is -2.47. The number of rotatable bonds is 6. The quantitative estimate of drug-likeness (QED) is 0.555. The number of nitrogens with two attached hydrogens (primary N) is 1. The third kappa shape index (κ3) is 5.48. The number of phenolic OH excluding ortho intramolecular Hbond substituents is 1. The first-order valence-corrected chi connectivity index (χ1v) is 12.6. The van der Waals surface area contributed by atoms with Crippen LogP contribution in [0.2, 0.25) is 5.15 Å². The van der Waals surface area contributed by atoms with Gasteiger partial charge in [0, 0.05) is 43.8 Å². The van der Waals surface area contributed by atoms with Crippen LogP contribution in [0.15, 0.2) is 18.2 Å². The number of hydrogen-bond donors (Lipinski definition) is 2. The minimum Gasteiger partial charge on any atom is -0.508 e. The Kier molecular flexibility index (Phi) is 8.14. The molecule has 10 nitrogen and oxygen atoms in total. The molecule has 2 saturated heterocycles. The Hall–Kier alpha value is -3.13. The third-order valence-corrected chi connectivity index (χ3v) is 7.43. The highest BCUT2D eigenvalue weighted by Gasteiger charge is 2.34. The molecular weight excluding hydrogens is 482 g/mol. The number of ether oxygens (including phenoxy) is 1. The van der Waals surface area contributed by atoms with Crippen LogP contribution in [0.3, 0.4) is 0 Å². The first-order valence-electron chi connectivity index (χ1n) is 12.2. The van der Waals surface area contributed by atoms with Crippen molar-refractivity contribution in [3.05, 3.63) is 40.2 Å². The maximum atomic E-state index is 11.8. The number of aromatic hydroxyl groups is 1. The van der Waals surface area contributed by atoms with Gasteiger partial charge in [0.05, 0.1) is 18.7 Å². The van der Waals surface area contributed by atoms with Gasteiger partial charge in [-0.3, -0.25) is 9.80 Å². The number of piperidine rings is 1. The number of carbonyl (C=O) groups is 1. The fraction of sp³-hybridized carbons (Fsp3) is 0.520. The van der Waals surface area contributed by atoms with E-state index in [9.17, 15) is 9.90 Å². The van der Waals surface area contributed by atoms with Gasteiger partial charge < -0.3 is 20.5 Å². The Balaban J connectivity index is 1.37. The lowest BCUT2D eigenvalue weighted by atomic mass is 9.97.